The summed E-state index contributed by atoms with van der Waals surface area (Å²) in [6, 6.07) is 7.68. The van der Waals surface area contributed by atoms with Crippen molar-refractivity contribution < 1.29 is 17.9 Å². The van der Waals surface area contributed by atoms with Gasteiger partial charge in [-0.1, -0.05) is 12.1 Å². The molecule has 0 radical (unpaired) electrons. The van der Waals surface area contributed by atoms with E-state index in [4.69, 9.17) is 4.74 Å². The molecule has 0 aromatic heterocycles. The molecular weight excluding hydrogens is 328 g/mol. The molecule has 0 bridgehead atoms. The van der Waals surface area contributed by atoms with E-state index in [-0.39, 0.29) is 6.04 Å². The second kappa shape index (κ2) is 7.01. The van der Waals surface area contributed by atoms with E-state index in [1.54, 1.807) is 27.9 Å². The van der Waals surface area contributed by atoms with Gasteiger partial charge in [0.05, 0.1) is 17.5 Å². The zero-order valence-electron chi connectivity index (χ0n) is 14.7. The minimum absolute atomic E-state index is 0.0578. The number of anilines is 1. The highest BCUT2D eigenvalue weighted by molar-refractivity contribution is 7.93. The number of benzene rings is 1. The molecule has 1 atom stereocenters. The average Bonchev–Trinajstić information content (AvgIpc) is 2.93. The van der Waals surface area contributed by atoms with Gasteiger partial charge < -0.3 is 15.0 Å². The number of nitrogens with zero attached hydrogens (tertiary/aromatic N) is 1. The first kappa shape index (κ1) is 18.6. The smallest absolute Gasteiger partial charge is 0.235 e. The summed E-state index contributed by atoms with van der Waals surface area (Å²) in [4.78, 5) is 14.2. The van der Waals surface area contributed by atoms with Crippen molar-refractivity contribution in [3.05, 3.63) is 24.3 Å². The van der Waals surface area contributed by atoms with Crippen LogP contribution in [-0.4, -0.2) is 51.1 Å². The number of carbonyl (C=O) groups excluding carboxylic acids is 1. The predicted octanol–water partition coefficient (Wildman–Crippen LogP) is 1.60. The summed E-state index contributed by atoms with van der Waals surface area (Å²) in [6.07, 6.45) is 0.777. The summed E-state index contributed by atoms with van der Waals surface area (Å²) >= 11 is 0. The van der Waals surface area contributed by atoms with Crippen LogP contribution in [0, 0.1) is 0 Å². The lowest BCUT2D eigenvalue weighted by molar-refractivity contribution is -0.119. The fourth-order valence-corrected chi connectivity index (χ4v) is 3.51. The Morgan fingerprint density at radius 2 is 2.00 bits per heavy atom. The van der Waals surface area contributed by atoms with Crippen LogP contribution in [0.5, 0.6) is 5.75 Å². The third kappa shape index (κ3) is 4.20. The monoisotopic (exact) mass is 354 g/mol. The predicted molar refractivity (Wildman–Crippen MR) is 95.3 cm³/mol. The van der Waals surface area contributed by atoms with Gasteiger partial charge in [-0.2, -0.15) is 0 Å². The Balaban J connectivity index is 1.96. The Bertz CT molecular complexity index is 695. The van der Waals surface area contributed by atoms with Crippen LogP contribution in [0.4, 0.5) is 5.69 Å². The number of para-hydroxylation sites is 2. The summed E-state index contributed by atoms with van der Waals surface area (Å²) in [5, 5.41) is 2.84. The van der Waals surface area contributed by atoms with Gasteiger partial charge in [0, 0.05) is 19.1 Å². The molecule has 1 aromatic carbocycles. The number of carbonyl (C=O) groups is 1. The lowest BCUT2D eigenvalue weighted by Gasteiger charge is -2.22. The Kier molecular flexibility index (Phi) is 5.42. The number of methoxy groups -OCH3 is 1. The maximum absolute atomic E-state index is 12.1. The summed E-state index contributed by atoms with van der Waals surface area (Å²) < 4.78 is 28.7. The second-order valence-corrected chi connectivity index (χ2v) is 9.79. The highest BCUT2D eigenvalue weighted by Gasteiger charge is 2.33. The van der Waals surface area contributed by atoms with Crippen LogP contribution in [0.15, 0.2) is 24.3 Å². The van der Waals surface area contributed by atoms with E-state index in [0.29, 0.717) is 6.54 Å². The first-order valence-corrected chi connectivity index (χ1v) is 9.69. The van der Waals surface area contributed by atoms with Crippen LogP contribution >= 0.6 is 0 Å². The van der Waals surface area contributed by atoms with E-state index >= 15 is 0 Å². The Labute approximate surface area is 144 Å². The molecule has 1 fully saturated rings. The number of sulfone groups is 1. The van der Waals surface area contributed by atoms with Crippen molar-refractivity contribution in [2.45, 2.75) is 38.0 Å². The van der Waals surface area contributed by atoms with Gasteiger partial charge in [-0.15, -0.1) is 0 Å². The van der Waals surface area contributed by atoms with Crippen LogP contribution in [0.2, 0.25) is 0 Å². The summed E-state index contributed by atoms with van der Waals surface area (Å²) in [6.45, 7) is 6.25. The fraction of sp³-hybridized carbons (Fsp3) is 0.588. The maximum atomic E-state index is 12.1. The maximum Gasteiger partial charge on any atom is 0.235 e. The van der Waals surface area contributed by atoms with Crippen LogP contribution in [0.25, 0.3) is 0 Å². The minimum atomic E-state index is -3.46. The molecule has 1 aliphatic heterocycles. The summed E-state index contributed by atoms with van der Waals surface area (Å²) in [7, 11) is -1.83. The second-order valence-electron chi connectivity index (χ2n) is 7.04. The van der Waals surface area contributed by atoms with Crippen molar-refractivity contribution in [1.82, 2.24) is 5.32 Å². The third-order valence-corrected chi connectivity index (χ3v) is 6.74. The largest absolute Gasteiger partial charge is 0.495 e. The molecule has 0 aliphatic carbocycles. The molecule has 24 heavy (non-hydrogen) atoms. The van der Waals surface area contributed by atoms with Gasteiger partial charge in [-0.05, 0) is 39.3 Å². The molecule has 1 saturated heterocycles. The Hall–Kier alpha value is -1.76. The average molecular weight is 354 g/mol. The van der Waals surface area contributed by atoms with E-state index in [1.807, 2.05) is 24.3 Å². The molecular formula is C17H26N2O4S. The Morgan fingerprint density at radius 1 is 1.33 bits per heavy atom. The molecule has 1 amide bonds. The Morgan fingerprint density at radius 3 is 2.62 bits per heavy atom. The number of ether oxygens (including phenoxy) is 1. The molecule has 7 heteroatoms. The van der Waals surface area contributed by atoms with Crippen molar-refractivity contribution in [3.8, 4) is 5.75 Å². The SMILES string of the molecule is COc1ccccc1N1CCC(NC(=O)CS(=O)(=O)C(C)(C)C)C1. The highest BCUT2D eigenvalue weighted by Crippen LogP contribution is 2.30. The summed E-state index contributed by atoms with van der Waals surface area (Å²) in [5.41, 5.74) is 0.985. The van der Waals surface area contributed by atoms with Gasteiger partial charge >= 0.3 is 0 Å². The van der Waals surface area contributed by atoms with E-state index < -0.39 is 26.2 Å². The van der Waals surface area contributed by atoms with Crippen LogP contribution in [0.3, 0.4) is 0 Å². The zero-order valence-corrected chi connectivity index (χ0v) is 15.5. The lowest BCUT2D eigenvalue weighted by atomic mass is 10.2. The molecule has 1 aromatic rings. The standard InChI is InChI=1S/C17H26N2O4S/c1-17(2,3)24(21,22)12-16(20)18-13-9-10-19(11-13)14-7-5-6-8-15(14)23-4/h5-8,13H,9-12H2,1-4H3,(H,18,20). The number of rotatable bonds is 5. The molecule has 6 nitrogen and oxygen atoms in total. The highest BCUT2D eigenvalue weighted by atomic mass is 32.2. The fourth-order valence-electron chi connectivity index (χ4n) is 2.65. The first-order valence-electron chi connectivity index (χ1n) is 8.03. The van der Waals surface area contributed by atoms with Gasteiger partial charge in [0.15, 0.2) is 9.84 Å². The molecule has 1 heterocycles. The van der Waals surface area contributed by atoms with Gasteiger partial charge in [0.25, 0.3) is 0 Å². The van der Waals surface area contributed by atoms with Gasteiger partial charge in [0.2, 0.25) is 5.91 Å². The van der Waals surface area contributed by atoms with E-state index in [0.717, 1.165) is 24.4 Å². The van der Waals surface area contributed by atoms with Crippen molar-refractivity contribution in [1.29, 1.82) is 0 Å². The van der Waals surface area contributed by atoms with Gasteiger partial charge in [-0.25, -0.2) is 8.42 Å². The van der Waals surface area contributed by atoms with Gasteiger partial charge in [0.1, 0.15) is 11.5 Å². The molecule has 1 N–H and O–H groups in total. The molecule has 0 saturated carbocycles. The molecule has 2 rings (SSSR count). The van der Waals surface area contributed by atoms with Crippen LogP contribution in [0.1, 0.15) is 27.2 Å². The lowest BCUT2D eigenvalue weighted by Crippen LogP contribution is -2.43. The molecule has 0 spiro atoms. The van der Waals surface area contributed by atoms with Crippen molar-refractivity contribution in [3.63, 3.8) is 0 Å². The van der Waals surface area contributed by atoms with E-state index in [1.165, 1.54) is 0 Å². The number of amides is 1. The van der Waals surface area contributed by atoms with E-state index in [2.05, 4.69) is 10.2 Å². The van der Waals surface area contributed by atoms with Crippen molar-refractivity contribution in [2.75, 3.05) is 30.9 Å². The molecule has 1 unspecified atom stereocenters. The summed E-state index contributed by atoms with van der Waals surface area (Å²) in [5.74, 6) is -0.113. The minimum Gasteiger partial charge on any atom is -0.495 e. The normalized spacial score (nSPS) is 18.5. The van der Waals surface area contributed by atoms with Crippen LogP contribution in [-0.2, 0) is 14.6 Å². The van der Waals surface area contributed by atoms with Crippen molar-refractivity contribution >= 4 is 21.4 Å². The zero-order chi connectivity index (χ0) is 18.0. The quantitative estimate of drug-likeness (QED) is 0.869. The van der Waals surface area contributed by atoms with Crippen LogP contribution < -0.4 is 15.0 Å². The third-order valence-electron chi connectivity index (χ3n) is 4.23. The molecule has 1 aliphatic rings. The van der Waals surface area contributed by atoms with Crippen molar-refractivity contribution in [2.24, 2.45) is 0 Å². The molecule has 134 valence electrons. The number of hydrogen-bond acceptors (Lipinski definition) is 5. The first-order chi connectivity index (χ1) is 11.1. The van der Waals surface area contributed by atoms with E-state index in [9.17, 15) is 13.2 Å². The topological polar surface area (TPSA) is 75.7 Å². The number of nitrogens with one attached hydrogen (secondary N) is 1. The number of hydrogen-bond donors (Lipinski definition) is 1. The van der Waals surface area contributed by atoms with Gasteiger partial charge in [-0.3, -0.25) is 4.79 Å².